The van der Waals surface area contributed by atoms with E-state index in [1.54, 1.807) is 18.4 Å². The Kier molecular flexibility index (Phi) is 15.8. The highest BCUT2D eigenvalue weighted by atomic mass is 32.1. The predicted molar refractivity (Wildman–Crippen MR) is 53.7 cm³/mol. The van der Waals surface area contributed by atoms with Gasteiger partial charge in [0.15, 0.2) is 5.06 Å². The van der Waals surface area contributed by atoms with Gasteiger partial charge in [0.25, 0.3) is 6.47 Å². The molecule has 1 heterocycles. The van der Waals surface area contributed by atoms with E-state index in [9.17, 15) is 0 Å². The van der Waals surface area contributed by atoms with Crippen molar-refractivity contribution in [1.82, 2.24) is 0 Å². The highest BCUT2D eigenvalue weighted by Gasteiger charge is 1.83. The Labute approximate surface area is 86.2 Å². The number of thiophene rings is 1. The zero-order valence-electron chi connectivity index (χ0n) is 7.79. The zero-order valence-corrected chi connectivity index (χ0v) is 8.61. The number of ether oxygens (including phenoxy) is 1. The molecule has 0 aliphatic carbocycles. The second kappa shape index (κ2) is 14.4. The Balaban J connectivity index is 0. The normalized spacial score (nSPS) is 7.36. The molecule has 0 bridgehead atoms. The molecule has 82 valence electrons. The first-order valence-corrected chi connectivity index (χ1v) is 4.51. The summed E-state index contributed by atoms with van der Waals surface area (Å²) in [6.45, 7) is -0.500. The van der Waals surface area contributed by atoms with E-state index in [0.717, 1.165) is 5.06 Å². The molecule has 6 heteroatoms. The maximum Gasteiger partial charge on any atom is 0.290 e. The van der Waals surface area contributed by atoms with E-state index in [0.29, 0.717) is 0 Å². The first kappa shape index (κ1) is 15.4. The van der Waals surface area contributed by atoms with Crippen LogP contribution in [0.1, 0.15) is 0 Å². The lowest BCUT2D eigenvalue weighted by atomic mass is 10.7. The van der Waals surface area contributed by atoms with Crippen molar-refractivity contribution >= 4 is 17.8 Å². The molecule has 0 unspecified atom stereocenters. The Morgan fingerprint density at radius 2 is 2.00 bits per heavy atom. The summed E-state index contributed by atoms with van der Waals surface area (Å²) >= 11 is 1.60. The molecular formula is C8H14O5S. The summed E-state index contributed by atoms with van der Waals surface area (Å²) in [5, 5.41) is 25.1. The summed E-state index contributed by atoms with van der Waals surface area (Å²) in [6, 6.07) is 3.90. The number of hydrogen-bond donors (Lipinski definition) is 3. The minimum atomic E-state index is -0.250. The molecule has 14 heavy (non-hydrogen) atoms. The Hall–Kier alpha value is -1.11. The maximum absolute atomic E-state index is 8.36. The van der Waals surface area contributed by atoms with Crippen molar-refractivity contribution in [1.29, 1.82) is 0 Å². The highest BCUT2D eigenvalue weighted by Crippen LogP contribution is 2.16. The fraction of sp³-hybridized carbons (Fsp3) is 0.375. The van der Waals surface area contributed by atoms with Crippen molar-refractivity contribution in [2.75, 3.05) is 20.3 Å². The second-order valence-corrected chi connectivity index (χ2v) is 2.60. The van der Waals surface area contributed by atoms with Crippen molar-refractivity contribution in [2.45, 2.75) is 0 Å². The average Bonchev–Trinajstić information content (AvgIpc) is 2.72. The first-order valence-electron chi connectivity index (χ1n) is 3.63. The number of aliphatic hydroxyl groups excluding tert-OH is 2. The molecule has 3 N–H and O–H groups in total. The number of rotatable bonds is 2. The molecule has 0 aromatic carbocycles. The largest absolute Gasteiger partial charge is 0.487 e. The van der Waals surface area contributed by atoms with E-state index in [2.05, 4.69) is 0 Å². The highest BCUT2D eigenvalue weighted by molar-refractivity contribution is 7.11. The number of hydrogen-bond acceptors (Lipinski definition) is 5. The van der Waals surface area contributed by atoms with Gasteiger partial charge in [0, 0.05) is 0 Å². The van der Waals surface area contributed by atoms with Crippen molar-refractivity contribution in [3.63, 3.8) is 0 Å². The smallest absolute Gasteiger partial charge is 0.290 e. The molecule has 0 atom stereocenters. The molecule has 0 amide bonds. The summed E-state index contributed by atoms with van der Waals surface area (Å²) in [4.78, 5) is 8.36. The minimum Gasteiger partial charge on any atom is -0.487 e. The molecule has 0 radical (unpaired) electrons. The maximum atomic E-state index is 8.36. The fourth-order valence-corrected chi connectivity index (χ4v) is 0.924. The standard InChI is InChI=1S/C5H6OS.C2H6O2.CH2O2/c1-6-5-3-2-4-7-5;3-1-2-4;2-1-3/h2-4H,1H3;3-4H,1-2H2;1H,(H,2,3). The van der Waals surface area contributed by atoms with Crippen molar-refractivity contribution in [3.05, 3.63) is 17.5 Å². The quantitative estimate of drug-likeness (QED) is 0.632. The van der Waals surface area contributed by atoms with E-state index >= 15 is 0 Å². The van der Waals surface area contributed by atoms with Crippen LogP contribution in [0.15, 0.2) is 17.5 Å². The summed E-state index contributed by atoms with van der Waals surface area (Å²) in [6.07, 6.45) is 0. The van der Waals surface area contributed by atoms with Crippen LogP contribution >= 0.6 is 11.3 Å². The zero-order chi connectivity index (χ0) is 11.2. The lowest BCUT2D eigenvalue weighted by Crippen LogP contribution is -1.85. The van der Waals surface area contributed by atoms with Crippen LogP contribution in [0.25, 0.3) is 0 Å². The SMILES string of the molecule is COc1cccs1.O=CO.OCCO. The number of carboxylic acid groups (broad SMARTS) is 1. The molecule has 0 spiro atoms. The van der Waals surface area contributed by atoms with Gasteiger partial charge in [0.2, 0.25) is 0 Å². The van der Waals surface area contributed by atoms with Gasteiger partial charge in [0.1, 0.15) is 0 Å². The van der Waals surface area contributed by atoms with Gasteiger partial charge in [0.05, 0.1) is 20.3 Å². The number of aliphatic hydroxyl groups is 2. The average molecular weight is 222 g/mol. The van der Waals surface area contributed by atoms with E-state index in [-0.39, 0.29) is 19.7 Å². The van der Waals surface area contributed by atoms with Crippen LogP contribution in [-0.2, 0) is 4.79 Å². The van der Waals surface area contributed by atoms with Crippen molar-refractivity contribution < 1.29 is 24.9 Å². The Bertz CT molecular complexity index is 186. The van der Waals surface area contributed by atoms with E-state index in [1.165, 1.54) is 0 Å². The van der Waals surface area contributed by atoms with Crippen LogP contribution in [0.5, 0.6) is 5.06 Å². The van der Waals surface area contributed by atoms with Crippen molar-refractivity contribution in [3.8, 4) is 5.06 Å². The molecule has 1 aromatic rings. The van der Waals surface area contributed by atoms with Crippen LogP contribution in [0.4, 0.5) is 0 Å². The van der Waals surface area contributed by atoms with Crippen LogP contribution in [0.3, 0.4) is 0 Å². The monoisotopic (exact) mass is 222 g/mol. The summed E-state index contributed by atoms with van der Waals surface area (Å²) in [7, 11) is 1.67. The van der Waals surface area contributed by atoms with Crippen LogP contribution in [-0.4, -0.2) is 42.1 Å². The molecule has 0 saturated heterocycles. The number of carbonyl (C=O) groups is 1. The molecule has 5 nitrogen and oxygen atoms in total. The third kappa shape index (κ3) is 13.5. The van der Waals surface area contributed by atoms with Crippen LogP contribution < -0.4 is 4.74 Å². The Morgan fingerprint density at radius 1 is 1.50 bits per heavy atom. The number of methoxy groups -OCH3 is 1. The third-order valence-electron chi connectivity index (χ3n) is 0.796. The molecule has 0 fully saturated rings. The molecule has 1 rings (SSSR count). The fourth-order valence-electron chi connectivity index (χ4n) is 0.380. The summed E-state index contributed by atoms with van der Waals surface area (Å²) in [5.74, 6) is 0. The lowest BCUT2D eigenvalue weighted by molar-refractivity contribution is -0.122. The molecule has 0 aliphatic heterocycles. The lowest BCUT2D eigenvalue weighted by Gasteiger charge is -1.86. The van der Waals surface area contributed by atoms with E-state index in [4.69, 9.17) is 24.9 Å². The molecule has 0 saturated carbocycles. The van der Waals surface area contributed by atoms with Crippen LogP contribution in [0.2, 0.25) is 0 Å². The topological polar surface area (TPSA) is 87.0 Å². The van der Waals surface area contributed by atoms with Gasteiger partial charge in [-0.2, -0.15) is 0 Å². The summed E-state index contributed by atoms with van der Waals surface area (Å²) in [5.41, 5.74) is 0. The second-order valence-electron chi connectivity index (χ2n) is 1.69. The van der Waals surface area contributed by atoms with E-state index < -0.39 is 0 Å². The van der Waals surface area contributed by atoms with Gasteiger partial charge >= 0.3 is 0 Å². The van der Waals surface area contributed by atoms with Gasteiger partial charge in [-0.15, -0.1) is 11.3 Å². The van der Waals surface area contributed by atoms with Crippen LogP contribution in [0, 0.1) is 0 Å². The molecular weight excluding hydrogens is 208 g/mol. The molecule has 0 aliphatic rings. The van der Waals surface area contributed by atoms with Crippen molar-refractivity contribution in [2.24, 2.45) is 0 Å². The predicted octanol–water partition coefficient (Wildman–Crippen LogP) is 0.428. The van der Waals surface area contributed by atoms with Gasteiger partial charge < -0.3 is 20.1 Å². The van der Waals surface area contributed by atoms with E-state index in [1.807, 2.05) is 17.5 Å². The van der Waals surface area contributed by atoms with Gasteiger partial charge in [-0.1, -0.05) is 0 Å². The summed E-state index contributed by atoms with van der Waals surface area (Å²) < 4.78 is 4.87. The van der Waals surface area contributed by atoms with Gasteiger partial charge in [-0.25, -0.2) is 0 Å². The van der Waals surface area contributed by atoms with Gasteiger partial charge in [-0.05, 0) is 17.5 Å². The third-order valence-corrected chi connectivity index (χ3v) is 1.62. The molecule has 1 aromatic heterocycles. The van der Waals surface area contributed by atoms with Gasteiger partial charge in [-0.3, -0.25) is 4.79 Å². The Morgan fingerprint density at radius 3 is 2.14 bits per heavy atom. The minimum absolute atomic E-state index is 0.125. The first-order chi connectivity index (χ1) is 6.76.